The molecule has 0 radical (unpaired) electrons. The Labute approximate surface area is 134 Å². The van der Waals surface area contributed by atoms with Crippen LogP contribution in [0.5, 0.6) is 0 Å². The van der Waals surface area contributed by atoms with E-state index in [9.17, 15) is 31.1 Å². The average molecular weight is 369 g/mol. The minimum atomic E-state index is -4.99. The molecule has 2 rings (SSSR count). The maximum Gasteiger partial charge on any atom is 0.416 e. The van der Waals surface area contributed by atoms with Crippen LogP contribution >= 0.6 is 11.3 Å². The Balaban J connectivity index is 2.30. The van der Waals surface area contributed by atoms with Crippen molar-refractivity contribution in [1.82, 2.24) is 4.57 Å². The van der Waals surface area contributed by atoms with E-state index in [1.807, 2.05) is 5.32 Å². The number of carbonyl (C=O) groups is 1. The van der Waals surface area contributed by atoms with Crippen molar-refractivity contribution < 1.29 is 31.1 Å². The molecule has 24 heavy (non-hydrogen) atoms. The van der Waals surface area contributed by atoms with Crippen molar-refractivity contribution in [3.8, 4) is 0 Å². The number of anilines is 1. The van der Waals surface area contributed by atoms with Crippen LogP contribution in [0.4, 0.5) is 32.0 Å². The molecule has 130 valence electrons. The molecule has 11 heteroatoms. The van der Waals surface area contributed by atoms with Crippen LogP contribution in [0.15, 0.2) is 29.8 Å². The van der Waals surface area contributed by atoms with Gasteiger partial charge in [0.15, 0.2) is 4.80 Å². The van der Waals surface area contributed by atoms with Crippen molar-refractivity contribution >= 4 is 22.9 Å². The van der Waals surface area contributed by atoms with Crippen LogP contribution in [0, 0.1) is 5.41 Å². The van der Waals surface area contributed by atoms with Crippen molar-refractivity contribution in [2.45, 2.75) is 18.9 Å². The summed E-state index contributed by atoms with van der Waals surface area (Å²) < 4.78 is 77.5. The van der Waals surface area contributed by atoms with E-state index in [4.69, 9.17) is 5.41 Å². The fourth-order valence-electron chi connectivity index (χ4n) is 1.81. The van der Waals surface area contributed by atoms with Crippen LogP contribution in [0.1, 0.15) is 11.1 Å². The van der Waals surface area contributed by atoms with Gasteiger partial charge in [0.2, 0.25) is 5.91 Å². The van der Waals surface area contributed by atoms with Crippen LogP contribution in [0.2, 0.25) is 0 Å². The van der Waals surface area contributed by atoms with Gasteiger partial charge < -0.3 is 9.88 Å². The van der Waals surface area contributed by atoms with Crippen LogP contribution in [-0.2, 0) is 23.7 Å². The summed E-state index contributed by atoms with van der Waals surface area (Å²) in [5.41, 5.74) is -3.65. The van der Waals surface area contributed by atoms with Gasteiger partial charge in [0.05, 0.1) is 11.1 Å². The molecule has 1 aromatic carbocycles. The molecule has 4 nitrogen and oxygen atoms in total. The van der Waals surface area contributed by atoms with Gasteiger partial charge in [-0.3, -0.25) is 10.2 Å². The van der Waals surface area contributed by atoms with E-state index < -0.39 is 41.6 Å². The van der Waals surface area contributed by atoms with E-state index in [0.717, 1.165) is 11.3 Å². The molecule has 0 fully saturated rings. The van der Waals surface area contributed by atoms with E-state index in [1.165, 1.54) is 16.1 Å². The van der Waals surface area contributed by atoms with Crippen molar-refractivity contribution in [2.75, 3.05) is 5.32 Å². The second-order valence-corrected chi connectivity index (χ2v) is 5.57. The summed E-state index contributed by atoms with van der Waals surface area (Å²) in [6, 6.07) is 0.825. The maximum absolute atomic E-state index is 12.7. The molecule has 1 aromatic heterocycles. The van der Waals surface area contributed by atoms with E-state index in [2.05, 4.69) is 0 Å². The lowest BCUT2D eigenvalue weighted by Gasteiger charge is -2.15. The predicted octanol–water partition coefficient (Wildman–Crippen LogP) is 3.71. The van der Waals surface area contributed by atoms with Gasteiger partial charge in [-0.1, -0.05) is 0 Å². The lowest BCUT2D eigenvalue weighted by Crippen LogP contribution is -2.24. The molecular weight excluding hydrogens is 360 g/mol. The van der Waals surface area contributed by atoms with Crippen molar-refractivity contribution in [1.29, 1.82) is 5.41 Å². The Morgan fingerprint density at radius 3 is 2.04 bits per heavy atom. The fraction of sp³-hybridized carbons (Fsp3) is 0.231. The number of nitrogens with one attached hydrogen (secondary N) is 2. The molecule has 1 heterocycles. The van der Waals surface area contributed by atoms with Crippen molar-refractivity contribution in [2.24, 2.45) is 0 Å². The summed E-state index contributed by atoms with van der Waals surface area (Å²) in [5.74, 6) is -0.848. The molecule has 0 aliphatic heterocycles. The van der Waals surface area contributed by atoms with E-state index in [-0.39, 0.29) is 10.9 Å². The summed E-state index contributed by atoms with van der Waals surface area (Å²) in [4.78, 5) is 11.8. The molecule has 2 N–H and O–H groups in total. The molecule has 2 aromatic rings. The summed E-state index contributed by atoms with van der Waals surface area (Å²) in [5, 5.41) is 11.0. The van der Waals surface area contributed by atoms with E-state index in [1.54, 1.807) is 0 Å². The third-order valence-corrected chi connectivity index (χ3v) is 3.58. The molecule has 0 bridgehead atoms. The van der Waals surface area contributed by atoms with Gasteiger partial charge in [0.1, 0.15) is 6.54 Å². The lowest BCUT2D eigenvalue weighted by molar-refractivity contribution is -0.143. The number of hydrogen-bond donors (Lipinski definition) is 2. The summed E-state index contributed by atoms with van der Waals surface area (Å²) >= 11 is 1.02. The van der Waals surface area contributed by atoms with Crippen LogP contribution < -0.4 is 10.1 Å². The number of nitrogens with zero attached hydrogens (tertiary/aromatic N) is 1. The summed E-state index contributed by atoms with van der Waals surface area (Å²) in [6.45, 7) is -0.403. The van der Waals surface area contributed by atoms with Gasteiger partial charge in [-0.2, -0.15) is 26.3 Å². The van der Waals surface area contributed by atoms with Crippen molar-refractivity contribution in [3.05, 3.63) is 45.7 Å². The topological polar surface area (TPSA) is 57.9 Å². The van der Waals surface area contributed by atoms with Crippen LogP contribution in [-0.4, -0.2) is 10.5 Å². The highest BCUT2D eigenvalue weighted by Crippen LogP contribution is 2.37. The summed E-state index contributed by atoms with van der Waals surface area (Å²) in [7, 11) is 0. The number of carbonyl (C=O) groups excluding carboxylic acids is 1. The smallest absolute Gasteiger partial charge is 0.325 e. The number of hydrogen-bond acceptors (Lipinski definition) is 3. The first-order chi connectivity index (χ1) is 11.0. The molecule has 1 amide bonds. The average Bonchev–Trinajstić information content (AvgIpc) is 2.81. The fourth-order valence-corrected chi connectivity index (χ4v) is 2.41. The Morgan fingerprint density at radius 2 is 1.62 bits per heavy atom. The van der Waals surface area contributed by atoms with Crippen molar-refractivity contribution in [3.63, 3.8) is 0 Å². The zero-order chi connectivity index (χ0) is 18.1. The molecule has 0 saturated carbocycles. The van der Waals surface area contributed by atoms with Crippen LogP contribution in [0.25, 0.3) is 0 Å². The molecule has 0 atom stereocenters. The zero-order valence-electron chi connectivity index (χ0n) is 11.6. The monoisotopic (exact) mass is 369 g/mol. The van der Waals surface area contributed by atoms with Gasteiger partial charge in [0.25, 0.3) is 0 Å². The first-order valence-electron chi connectivity index (χ1n) is 6.24. The highest BCUT2D eigenvalue weighted by Gasteiger charge is 2.37. The van der Waals surface area contributed by atoms with E-state index in [0.29, 0.717) is 12.1 Å². The first-order valence-corrected chi connectivity index (χ1v) is 7.12. The minimum Gasteiger partial charge on any atom is -0.325 e. The highest BCUT2D eigenvalue weighted by atomic mass is 32.1. The second kappa shape index (κ2) is 6.30. The number of benzene rings is 1. The van der Waals surface area contributed by atoms with Crippen LogP contribution in [0.3, 0.4) is 0 Å². The Morgan fingerprint density at radius 1 is 1.08 bits per heavy atom. The molecule has 0 unspecified atom stereocenters. The number of rotatable bonds is 3. The Hall–Kier alpha value is -2.30. The second-order valence-electron chi connectivity index (χ2n) is 4.68. The minimum absolute atomic E-state index is 0.0187. The molecule has 0 aliphatic carbocycles. The third-order valence-electron chi connectivity index (χ3n) is 2.87. The zero-order valence-corrected chi connectivity index (χ0v) is 12.4. The van der Waals surface area contributed by atoms with Gasteiger partial charge in [-0.25, -0.2) is 0 Å². The van der Waals surface area contributed by atoms with Gasteiger partial charge in [-0.15, -0.1) is 11.3 Å². The first kappa shape index (κ1) is 18.0. The lowest BCUT2D eigenvalue weighted by atomic mass is 10.1. The Bertz CT molecular complexity index is 773. The molecular formula is C13H9F6N3OS. The van der Waals surface area contributed by atoms with Gasteiger partial charge in [0, 0.05) is 17.3 Å². The molecule has 0 saturated heterocycles. The predicted molar refractivity (Wildman–Crippen MR) is 73.2 cm³/mol. The standard InChI is InChI=1S/C13H9F6N3OS/c14-12(15,16)7-3-8(13(17,18)19)5-9(4-7)21-10(23)6-22-1-2-24-11(22)20/h1-5,20H,6H2,(H,21,23). The third kappa shape index (κ3) is 4.37. The molecule has 0 aliphatic rings. The quantitative estimate of drug-likeness (QED) is 0.797. The van der Waals surface area contributed by atoms with Gasteiger partial charge >= 0.3 is 12.4 Å². The van der Waals surface area contributed by atoms with Gasteiger partial charge in [-0.05, 0) is 18.2 Å². The highest BCUT2D eigenvalue weighted by molar-refractivity contribution is 7.06. The number of thiazole rings is 1. The normalized spacial score (nSPS) is 12.2. The number of aromatic nitrogens is 1. The molecule has 0 spiro atoms. The van der Waals surface area contributed by atoms with E-state index >= 15 is 0 Å². The largest absolute Gasteiger partial charge is 0.416 e. The Kier molecular flexibility index (Phi) is 4.74. The number of alkyl halides is 6. The SMILES string of the molecule is N=c1sccn1CC(=O)Nc1cc(C(F)(F)F)cc(C(F)(F)F)c1. The number of halogens is 6. The summed E-state index contributed by atoms with van der Waals surface area (Å²) in [6.07, 6.45) is -8.58. The maximum atomic E-state index is 12.7. The number of amides is 1.